The van der Waals surface area contributed by atoms with Gasteiger partial charge in [0.15, 0.2) is 0 Å². The van der Waals surface area contributed by atoms with E-state index in [0.717, 1.165) is 24.9 Å². The fourth-order valence-electron chi connectivity index (χ4n) is 4.23. The normalized spacial score (nSPS) is 32.1. The summed E-state index contributed by atoms with van der Waals surface area (Å²) in [6.45, 7) is 6.11. The Labute approximate surface area is 134 Å². The highest BCUT2D eigenvalue weighted by atomic mass is 16.2. The van der Waals surface area contributed by atoms with Crippen LogP contribution < -0.4 is 5.32 Å². The second-order valence-electron chi connectivity index (χ2n) is 8.09. The van der Waals surface area contributed by atoms with Gasteiger partial charge in [0.25, 0.3) is 0 Å². The summed E-state index contributed by atoms with van der Waals surface area (Å²) >= 11 is 0. The highest BCUT2D eigenvalue weighted by molar-refractivity contribution is 5.79. The van der Waals surface area contributed by atoms with Crippen molar-refractivity contribution in [1.82, 2.24) is 15.1 Å². The van der Waals surface area contributed by atoms with Gasteiger partial charge in [0.05, 0.1) is 5.92 Å². The third-order valence-corrected chi connectivity index (χ3v) is 6.03. The van der Waals surface area contributed by atoms with Crippen LogP contribution in [0, 0.1) is 11.8 Å². The zero-order valence-electron chi connectivity index (χ0n) is 13.8. The van der Waals surface area contributed by atoms with E-state index >= 15 is 0 Å². The van der Waals surface area contributed by atoms with Crippen LogP contribution in [0.5, 0.6) is 0 Å². The average molecular weight is 305 g/mol. The van der Waals surface area contributed by atoms with Gasteiger partial charge in [-0.15, -0.1) is 0 Å². The molecule has 2 saturated heterocycles. The van der Waals surface area contributed by atoms with E-state index in [0.29, 0.717) is 11.9 Å². The van der Waals surface area contributed by atoms with E-state index in [-0.39, 0.29) is 5.92 Å². The van der Waals surface area contributed by atoms with E-state index in [2.05, 4.69) is 15.1 Å². The molecule has 124 valence electrons. The fourth-order valence-corrected chi connectivity index (χ4v) is 4.23. The molecule has 1 atom stereocenters. The van der Waals surface area contributed by atoms with Gasteiger partial charge < -0.3 is 10.2 Å². The first kappa shape index (κ1) is 14.9. The minimum Gasteiger partial charge on any atom is -0.353 e. The molecule has 2 aliphatic carbocycles. The quantitative estimate of drug-likeness (QED) is 0.842. The van der Waals surface area contributed by atoms with Gasteiger partial charge in [0.2, 0.25) is 5.91 Å². The predicted octanol–water partition coefficient (Wildman–Crippen LogP) is 1.85. The van der Waals surface area contributed by atoms with Crippen LogP contribution in [-0.2, 0) is 4.79 Å². The Morgan fingerprint density at radius 1 is 0.955 bits per heavy atom. The molecule has 2 aliphatic heterocycles. The summed E-state index contributed by atoms with van der Waals surface area (Å²) in [6.07, 6.45) is 10.2. The molecule has 22 heavy (non-hydrogen) atoms. The molecule has 2 saturated carbocycles. The molecule has 1 N–H and O–H groups in total. The van der Waals surface area contributed by atoms with Gasteiger partial charge in [-0.3, -0.25) is 9.69 Å². The van der Waals surface area contributed by atoms with Gasteiger partial charge in [-0.25, -0.2) is 0 Å². The van der Waals surface area contributed by atoms with Crippen LogP contribution in [0.1, 0.15) is 51.4 Å². The molecule has 0 aromatic heterocycles. The Kier molecular flexibility index (Phi) is 4.40. The van der Waals surface area contributed by atoms with Crippen molar-refractivity contribution in [3.63, 3.8) is 0 Å². The lowest BCUT2D eigenvalue weighted by Gasteiger charge is -2.42. The topological polar surface area (TPSA) is 35.6 Å². The lowest BCUT2D eigenvalue weighted by atomic mass is 9.93. The maximum atomic E-state index is 12.3. The number of carbonyl (C=O) groups is 1. The van der Waals surface area contributed by atoms with E-state index in [4.69, 9.17) is 0 Å². The summed E-state index contributed by atoms with van der Waals surface area (Å²) in [5.74, 6) is 1.60. The average Bonchev–Trinajstić information content (AvgIpc) is 3.45. The number of piperidine rings is 2. The Hall–Kier alpha value is -0.610. The number of likely N-dealkylation sites (tertiary alicyclic amines) is 2. The Bertz CT molecular complexity index is 397. The van der Waals surface area contributed by atoms with Gasteiger partial charge in [0.1, 0.15) is 0 Å². The molecule has 4 nitrogen and oxygen atoms in total. The molecule has 2 heterocycles. The van der Waals surface area contributed by atoms with Crippen molar-refractivity contribution in [2.75, 3.05) is 32.7 Å². The molecule has 4 fully saturated rings. The smallest absolute Gasteiger partial charge is 0.224 e. The summed E-state index contributed by atoms with van der Waals surface area (Å²) in [5, 5.41) is 3.21. The van der Waals surface area contributed by atoms with E-state index in [9.17, 15) is 4.79 Å². The molecule has 0 spiro atoms. The monoisotopic (exact) mass is 305 g/mol. The van der Waals surface area contributed by atoms with Gasteiger partial charge >= 0.3 is 0 Å². The van der Waals surface area contributed by atoms with E-state index in [1.54, 1.807) is 0 Å². The number of nitrogens with zero attached hydrogens (tertiary/aromatic N) is 2. The number of amides is 1. The van der Waals surface area contributed by atoms with Gasteiger partial charge in [-0.2, -0.15) is 0 Å². The van der Waals surface area contributed by atoms with Crippen LogP contribution >= 0.6 is 0 Å². The molecule has 1 amide bonds. The van der Waals surface area contributed by atoms with Crippen LogP contribution in [-0.4, -0.2) is 60.5 Å². The summed E-state index contributed by atoms with van der Waals surface area (Å²) in [6, 6.07) is 1.24. The molecule has 4 rings (SSSR count). The van der Waals surface area contributed by atoms with Crippen molar-refractivity contribution >= 4 is 5.91 Å². The predicted molar refractivity (Wildman–Crippen MR) is 87.6 cm³/mol. The number of nitrogens with one attached hydrogen (secondary N) is 1. The van der Waals surface area contributed by atoms with Gasteiger partial charge in [-0.05, 0) is 76.9 Å². The third kappa shape index (κ3) is 3.83. The molecule has 0 aromatic carbocycles. The van der Waals surface area contributed by atoms with Crippen LogP contribution in [0.3, 0.4) is 0 Å². The number of hydrogen-bond acceptors (Lipinski definition) is 3. The van der Waals surface area contributed by atoms with Crippen LogP contribution in [0.2, 0.25) is 0 Å². The summed E-state index contributed by atoms with van der Waals surface area (Å²) in [4.78, 5) is 17.6. The van der Waals surface area contributed by atoms with Crippen molar-refractivity contribution in [3.05, 3.63) is 0 Å². The number of hydrogen-bond donors (Lipinski definition) is 1. The SMILES string of the molecule is O=C(NC1CC1)[C@H]1CCCN(C2CCN(CC3CC3)CC2)C1. The summed E-state index contributed by atoms with van der Waals surface area (Å²) in [7, 11) is 0. The minimum atomic E-state index is 0.249. The van der Waals surface area contributed by atoms with Crippen molar-refractivity contribution < 1.29 is 4.79 Å². The van der Waals surface area contributed by atoms with E-state index in [1.165, 1.54) is 71.1 Å². The van der Waals surface area contributed by atoms with Gasteiger partial charge in [0, 0.05) is 25.2 Å². The lowest BCUT2D eigenvalue weighted by Crippen LogP contribution is -2.51. The van der Waals surface area contributed by atoms with Crippen LogP contribution in [0.15, 0.2) is 0 Å². The molecule has 4 heteroatoms. The first-order chi connectivity index (χ1) is 10.8. The third-order valence-electron chi connectivity index (χ3n) is 6.03. The zero-order chi connectivity index (χ0) is 14.9. The summed E-state index contributed by atoms with van der Waals surface area (Å²) < 4.78 is 0. The maximum Gasteiger partial charge on any atom is 0.224 e. The molecule has 0 radical (unpaired) electrons. The second kappa shape index (κ2) is 6.48. The lowest BCUT2D eigenvalue weighted by molar-refractivity contribution is -0.127. The fraction of sp³-hybridized carbons (Fsp3) is 0.944. The molecule has 0 unspecified atom stereocenters. The Morgan fingerprint density at radius 2 is 1.73 bits per heavy atom. The van der Waals surface area contributed by atoms with Crippen molar-refractivity contribution in [2.45, 2.75) is 63.5 Å². The van der Waals surface area contributed by atoms with Crippen LogP contribution in [0.25, 0.3) is 0 Å². The van der Waals surface area contributed by atoms with Crippen LogP contribution in [0.4, 0.5) is 0 Å². The first-order valence-corrected chi connectivity index (χ1v) is 9.55. The van der Waals surface area contributed by atoms with E-state index in [1.807, 2.05) is 0 Å². The Balaban J connectivity index is 1.24. The second-order valence-corrected chi connectivity index (χ2v) is 8.09. The highest BCUT2D eigenvalue weighted by Gasteiger charge is 2.34. The molecular formula is C18H31N3O. The standard InChI is InChI=1S/C18H31N3O/c22-18(19-16-5-6-16)15-2-1-9-21(13-15)17-7-10-20(11-8-17)12-14-3-4-14/h14-17H,1-13H2,(H,19,22)/t15-/m0/s1. The molecule has 4 aliphatic rings. The molecule has 0 aromatic rings. The zero-order valence-corrected chi connectivity index (χ0v) is 13.8. The van der Waals surface area contributed by atoms with Crippen molar-refractivity contribution in [1.29, 1.82) is 0 Å². The number of carbonyl (C=O) groups excluding carboxylic acids is 1. The number of rotatable bonds is 5. The Morgan fingerprint density at radius 3 is 2.41 bits per heavy atom. The molecule has 0 bridgehead atoms. The molecular weight excluding hydrogens is 274 g/mol. The maximum absolute atomic E-state index is 12.3. The summed E-state index contributed by atoms with van der Waals surface area (Å²) in [5.41, 5.74) is 0. The minimum absolute atomic E-state index is 0.249. The van der Waals surface area contributed by atoms with Gasteiger partial charge in [-0.1, -0.05) is 0 Å². The first-order valence-electron chi connectivity index (χ1n) is 9.55. The largest absolute Gasteiger partial charge is 0.353 e. The van der Waals surface area contributed by atoms with Crippen molar-refractivity contribution in [3.8, 4) is 0 Å². The van der Waals surface area contributed by atoms with Crippen molar-refractivity contribution in [2.24, 2.45) is 11.8 Å². The van der Waals surface area contributed by atoms with E-state index < -0.39 is 0 Å². The highest BCUT2D eigenvalue weighted by Crippen LogP contribution is 2.31.